The summed E-state index contributed by atoms with van der Waals surface area (Å²) < 4.78 is 0. The van der Waals surface area contributed by atoms with E-state index in [-0.39, 0.29) is 17.5 Å². The summed E-state index contributed by atoms with van der Waals surface area (Å²) in [6.45, 7) is 0.0937. The van der Waals surface area contributed by atoms with Gasteiger partial charge in [-0.3, -0.25) is 0 Å². The van der Waals surface area contributed by atoms with E-state index in [1.807, 2.05) is 0 Å². The average molecular weight is 733 g/mol. The zero-order chi connectivity index (χ0) is 37.3. The lowest BCUT2D eigenvalue weighted by Crippen LogP contribution is -2.61. The summed E-state index contributed by atoms with van der Waals surface area (Å²) in [5.74, 6) is 0. The van der Waals surface area contributed by atoms with E-state index in [1.165, 1.54) is 137 Å². The highest BCUT2D eigenvalue weighted by Crippen LogP contribution is 2.61. The highest BCUT2D eigenvalue weighted by Gasteiger charge is 2.51. The molecule has 0 bridgehead atoms. The van der Waals surface area contributed by atoms with E-state index in [1.54, 1.807) is 22.3 Å². The zero-order valence-electron chi connectivity index (χ0n) is 32.5. The molecule has 2 heterocycles. The molecule has 0 radical (unpaired) electrons. The van der Waals surface area contributed by atoms with Crippen molar-refractivity contribution >= 4 is 57.2 Å². The minimum atomic E-state index is 0.0778. The van der Waals surface area contributed by atoms with Crippen LogP contribution < -0.4 is 26.2 Å². The molecule has 2 fully saturated rings. The number of anilines is 6. The average Bonchev–Trinajstić information content (AvgIpc) is 3.69. The van der Waals surface area contributed by atoms with Gasteiger partial charge in [0.15, 0.2) is 0 Å². The largest absolute Gasteiger partial charge is 0.311 e. The summed E-state index contributed by atoms with van der Waals surface area (Å²) >= 11 is 0. The summed E-state index contributed by atoms with van der Waals surface area (Å²) in [6, 6.07) is 58.9. The van der Waals surface area contributed by atoms with Gasteiger partial charge in [0.1, 0.15) is 0 Å². The molecule has 0 atom stereocenters. The highest BCUT2D eigenvalue weighted by atomic mass is 15.2. The van der Waals surface area contributed by atoms with E-state index in [0.717, 1.165) is 0 Å². The van der Waals surface area contributed by atoms with Crippen molar-refractivity contribution in [3.05, 3.63) is 174 Å². The molecule has 4 aliphatic carbocycles. The lowest BCUT2D eigenvalue weighted by molar-refractivity contribution is 0.353. The van der Waals surface area contributed by atoms with Gasteiger partial charge in [0.2, 0.25) is 0 Å². The third-order valence-corrected chi connectivity index (χ3v) is 15.2. The van der Waals surface area contributed by atoms with Crippen molar-refractivity contribution in [3.63, 3.8) is 0 Å². The fraction of sp³-hybridized carbons (Fsp3) is 0.222. The van der Waals surface area contributed by atoms with Gasteiger partial charge in [0.05, 0.1) is 0 Å². The molecule has 13 rings (SSSR count). The molecule has 0 amide bonds. The molecule has 57 heavy (non-hydrogen) atoms. The fourth-order valence-electron chi connectivity index (χ4n) is 13.0. The summed E-state index contributed by atoms with van der Waals surface area (Å²) in [6.07, 6.45) is 12.8. The Balaban J connectivity index is 1.15. The topological polar surface area (TPSA) is 6.48 Å². The zero-order valence-corrected chi connectivity index (χ0v) is 32.5. The maximum Gasteiger partial charge on any atom is 0.252 e. The van der Waals surface area contributed by atoms with Crippen molar-refractivity contribution in [2.45, 2.75) is 75.0 Å². The van der Waals surface area contributed by atoms with Crippen LogP contribution in [-0.4, -0.2) is 6.71 Å². The number of hydrogen-bond acceptors (Lipinski definition) is 2. The Morgan fingerprint density at radius 2 is 0.947 bits per heavy atom. The molecule has 0 N–H and O–H groups in total. The van der Waals surface area contributed by atoms with E-state index in [9.17, 15) is 0 Å². The SMILES string of the molecule is c1ccc(N2c3cc4c(cc3B3c5ccc6c(c5N(c5ccccc5)c5cccc2c53)-c2ccccc2C62CCCCC2)C2(CCCCC2)c2ccccc2-4)cc1. The summed E-state index contributed by atoms with van der Waals surface area (Å²) in [5.41, 5.74) is 24.2. The lowest BCUT2D eigenvalue weighted by Gasteiger charge is -2.45. The first kappa shape index (κ1) is 32.3. The van der Waals surface area contributed by atoms with Gasteiger partial charge < -0.3 is 9.80 Å². The molecular weight excluding hydrogens is 687 g/mol. The first-order valence-corrected chi connectivity index (χ1v) is 21.7. The molecular formula is C54H45BN2. The molecule has 3 heteroatoms. The molecule has 0 unspecified atom stereocenters. The molecule has 7 aromatic rings. The van der Waals surface area contributed by atoms with E-state index < -0.39 is 0 Å². The summed E-state index contributed by atoms with van der Waals surface area (Å²) in [7, 11) is 0. The van der Waals surface area contributed by atoms with Crippen LogP contribution >= 0.6 is 0 Å². The van der Waals surface area contributed by atoms with E-state index in [2.05, 4.69) is 161 Å². The highest BCUT2D eigenvalue weighted by molar-refractivity contribution is 7.00. The van der Waals surface area contributed by atoms with Crippen LogP contribution in [0.4, 0.5) is 34.1 Å². The van der Waals surface area contributed by atoms with Crippen LogP contribution in [0.25, 0.3) is 22.3 Å². The van der Waals surface area contributed by atoms with E-state index >= 15 is 0 Å². The van der Waals surface area contributed by atoms with Crippen molar-refractivity contribution in [1.82, 2.24) is 0 Å². The Kier molecular flexibility index (Phi) is 6.73. The van der Waals surface area contributed by atoms with Gasteiger partial charge in [0, 0.05) is 50.5 Å². The Bertz CT molecular complexity index is 2770. The molecule has 0 aromatic heterocycles. The second-order valence-electron chi connectivity index (χ2n) is 17.7. The smallest absolute Gasteiger partial charge is 0.252 e. The van der Waals surface area contributed by atoms with Crippen LogP contribution in [0, 0.1) is 0 Å². The maximum absolute atomic E-state index is 2.72. The van der Waals surface area contributed by atoms with Gasteiger partial charge in [-0.1, -0.05) is 148 Å². The maximum atomic E-state index is 2.72. The standard InChI is InChI=1S/C54H45BN2/c1-5-18-36(19-6-1)56-47-26-17-27-48-51(47)55(46-35-44-40(34-49(46)56)38-22-9-11-24-41(38)54(44)32-15-4-16-33-54)45-29-28-43-50(52(45)57(48)37-20-7-2-8-21-37)39-23-10-12-25-42(39)53(43)30-13-3-14-31-53/h1-2,5-12,17-29,34-35H,3-4,13-16,30-33H2. The van der Waals surface area contributed by atoms with Crippen LogP contribution in [0.15, 0.2) is 152 Å². The van der Waals surface area contributed by atoms with Crippen LogP contribution in [0.1, 0.15) is 86.5 Å². The Morgan fingerprint density at radius 1 is 0.386 bits per heavy atom. The molecule has 2 saturated carbocycles. The molecule has 2 spiro atoms. The van der Waals surface area contributed by atoms with Gasteiger partial charge in [-0.15, -0.1) is 0 Å². The first-order chi connectivity index (χ1) is 28.3. The first-order valence-electron chi connectivity index (χ1n) is 21.7. The van der Waals surface area contributed by atoms with Crippen molar-refractivity contribution in [2.75, 3.05) is 9.80 Å². The van der Waals surface area contributed by atoms with Crippen LogP contribution in [-0.2, 0) is 10.8 Å². The van der Waals surface area contributed by atoms with Crippen molar-refractivity contribution < 1.29 is 0 Å². The molecule has 0 saturated heterocycles. The second kappa shape index (κ2) is 11.9. The lowest BCUT2D eigenvalue weighted by atomic mass is 9.33. The number of benzene rings is 7. The Labute approximate surface area is 336 Å². The number of hydrogen-bond donors (Lipinski definition) is 0. The van der Waals surface area contributed by atoms with Gasteiger partial charge in [0.25, 0.3) is 6.71 Å². The number of para-hydroxylation sites is 2. The van der Waals surface area contributed by atoms with Gasteiger partial charge >= 0.3 is 0 Å². The minimum Gasteiger partial charge on any atom is -0.311 e. The van der Waals surface area contributed by atoms with Crippen LogP contribution in [0.3, 0.4) is 0 Å². The molecule has 6 aliphatic rings. The Hall–Kier alpha value is -5.80. The third-order valence-electron chi connectivity index (χ3n) is 15.2. The molecule has 274 valence electrons. The summed E-state index contributed by atoms with van der Waals surface area (Å²) in [4.78, 5) is 5.25. The fourth-order valence-corrected chi connectivity index (χ4v) is 13.0. The predicted octanol–water partition coefficient (Wildman–Crippen LogP) is 12.2. The third kappa shape index (κ3) is 4.17. The van der Waals surface area contributed by atoms with Gasteiger partial charge in [-0.25, -0.2) is 0 Å². The normalized spacial score (nSPS) is 18.4. The van der Waals surface area contributed by atoms with Crippen molar-refractivity contribution in [3.8, 4) is 22.3 Å². The van der Waals surface area contributed by atoms with E-state index in [0.29, 0.717) is 0 Å². The molecule has 7 aromatic carbocycles. The van der Waals surface area contributed by atoms with Gasteiger partial charge in [-0.2, -0.15) is 0 Å². The van der Waals surface area contributed by atoms with Crippen LogP contribution in [0.2, 0.25) is 0 Å². The van der Waals surface area contributed by atoms with Crippen molar-refractivity contribution in [2.24, 2.45) is 0 Å². The quantitative estimate of drug-likeness (QED) is 0.163. The molecule has 2 nitrogen and oxygen atoms in total. The number of nitrogens with zero attached hydrogens (tertiary/aromatic N) is 2. The van der Waals surface area contributed by atoms with E-state index in [4.69, 9.17) is 0 Å². The summed E-state index contributed by atoms with van der Waals surface area (Å²) in [5, 5.41) is 0. The number of rotatable bonds is 2. The van der Waals surface area contributed by atoms with Crippen molar-refractivity contribution in [1.29, 1.82) is 0 Å². The predicted molar refractivity (Wildman–Crippen MR) is 239 cm³/mol. The van der Waals surface area contributed by atoms with Gasteiger partial charge in [-0.05, 0) is 123 Å². The second-order valence-corrected chi connectivity index (χ2v) is 17.7. The minimum absolute atomic E-state index is 0.0778. The monoisotopic (exact) mass is 732 g/mol. The molecule has 2 aliphatic heterocycles. The van der Waals surface area contributed by atoms with Crippen LogP contribution in [0.5, 0.6) is 0 Å². The number of fused-ring (bicyclic) bond motifs is 15. The Morgan fingerprint density at radius 3 is 1.63 bits per heavy atom.